The molecular formula is C10H13N3OS. The predicted octanol–water partition coefficient (Wildman–Crippen LogP) is 2.16. The highest BCUT2D eigenvalue weighted by atomic mass is 32.1. The molecule has 0 fully saturated rings. The van der Waals surface area contributed by atoms with Gasteiger partial charge in [-0.3, -0.25) is 5.32 Å². The third kappa shape index (κ3) is 2.43. The molecule has 0 bridgehead atoms. The SMILES string of the molecule is CC(C)(NCc1cnco1)c1nccs1. The molecule has 0 spiro atoms. The summed E-state index contributed by atoms with van der Waals surface area (Å²) in [6.07, 6.45) is 4.97. The van der Waals surface area contributed by atoms with Crippen molar-refractivity contribution in [2.24, 2.45) is 0 Å². The van der Waals surface area contributed by atoms with Crippen LogP contribution in [0.4, 0.5) is 0 Å². The Labute approximate surface area is 92.4 Å². The third-order valence-electron chi connectivity index (χ3n) is 2.16. The van der Waals surface area contributed by atoms with Crippen LogP contribution in [0.25, 0.3) is 0 Å². The normalized spacial score (nSPS) is 11.9. The molecule has 0 atom stereocenters. The molecule has 2 rings (SSSR count). The quantitative estimate of drug-likeness (QED) is 0.863. The van der Waals surface area contributed by atoms with Crippen LogP contribution in [0.3, 0.4) is 0 Å². The first kappa shape index (κ1) is 10.3. The topological polar surface area (TPSA) is 51.0 Å². The molecule has 0 unspecified atom stereocenters. The van der Waals surface area contributed by atoms with Crippen LogP contribution in [0.2, 0.25) is 0 Å². The second-order valence-electron chi connectivity index (χ2n) is 3.78. The van der Waals surface area contributed by atoms with E-state index in [1.54, 1.807) is 17.5 Å². The summed E-state index contributed by atoms with van der Waals surface area (Å²) in [4.78, 5) is 8.16. The molecule has 15 heavy (non-hydrogen) atoms. The molecule has 0 aliphatic rings. The van der Waals surface area contributed by atoms with Crippen molar-refractivity contribution in [2.75, 3.05) is 0 Å². The minimum atomic E-state index is -0.138. The van der Waals surface area contributed by atoms with Crippen LogP contribution in [0, 0.1) is 0 Å². The first-order chi connectivity index (χ1) is 7.18. The van der Waals surface area contributed by atoms with Crippen LogP contribution in [0.5, 0.6) is 0 Å². The number of thiazole rings is 1. The molecule has 0 amide bonds. The van der Waals surface area contributed by atoms with Gasteiger partial charge in [0.2, 0.25) is 0 Å². The molecule has 0 radical (unpaired) electrons. The van der Waals surface area contributed by atoms with Gasteiger partial charge in [0.15, 0.2) is 6.39 Å². The smallest absolute Gasteiger partial charge is 0.180 e. The zero-order valence-corrected chi connectivity index (χ0v) is 9.54. The molecule has 2 heterocycles. The van der Waals surface area contributed by atoms with Gasteiger partial charge in [-0.25, -0.2) is 9.97 Å². The average Bonchev–Trinajstić information content (AvgIpc) is 2.88. The second kappa shape index (κ2) is 4.12. The standard InChI is InChI=1S/C10H13N3OS/c1-10(2,9-12-3-4-15-9)13-6-8-5-11-7-14-8/h3-5,7,13H,6H2,1-2H3. The summed E-state index contributed by atoms with van der Waals surface area (Å²) in [5.74, 6) is 0.833. The van der Waals surface area contributed by atoms with E-state index in [9.17, 15) is 0 Å². The minimum Gasteiger partial charge on any atom is -0.447 e. The Kier molecular flexibility index (Phi) is 2.83. The van der Waals surface area contributed by atoms with Gasteiger partial charge in [-0.1, -0.05) is 0 Å². The Hall–Kier alpha value is -1.20. The van der Waals surface area contributed by atoms with Crippen LogP contribution in [-0.2, 0) is 12.1 Å². The summed E-state index contributed by atoms with van der Waals surface area (Å²) >= 11 is 1.65. The van der Waals surface area contributed by atoms with Gasteiger partial charge in [-0.05, 0) is 13.8 Å². The number of nitrogens with zero attached hydrogens (tertiary/aromatic N) is 2. The van der Waals surface area contributed by atoms with Gasteiger partial charge in [0.25, 0.3) is 0 Å². The number of aromatic nitrogens is 2. The Balaban J connectivity index is 1.99. The molecule has 80 valence electrons. The Morgan fingerprint density at radius 3 is 3.00 bits per heavy atom. The highest BCUT2D eigenvalue weighted by molar-refractivity contribution is 7.09. The van der Waals surface area contributed by atoms with Crippen molar-refractivity contribution < 1.29 is 4.42 Å². The highest BCUT2D eigenvalue weighted by Gasteiger charge is 2.22. The van der Waals surface area contributed by atoms with Gasteiger partial charge in [0.05, 0.1) is 18.3 Å². The molecule has 0 saturated heterocycles. The number of nitrogens with one attached hydrogen (secondary N) is 1. The lowest BCUT2D eigenvalue weighted by molar-refractivity contribution is 0.369. The molecule has 0 aliphatic heterocycles. The van der Waals surface area contributed by atoms with Crippen molar-refractivity contribution in [1.29, 1.82) is 0 Å². The maximum atomic E-state index is 5.16. The van der Waals surface area contributed by atoms with Crippen molar-refractivity contribution in [3.05, 3.63) is 34.9 Å². The fraction of sp³-hybridized carbons (Fsp3) is 0.400. The van der Waals surface area contributed by atoms with Gasteiger partial charge in [-0.2, -0.15) is 0 Å². The van der Waals surface area contributed by atoms with E-state index in [1.165, 1.54) is 6.39 Å². The average molecular weight is 223 g/mol. The zero-order chi connectivity index (χ0) is 10.7. The van der Waals surface area contributed by atoms with Gasteiger partial charge in [-0.15, -0.1) is 11.3 Å². The first-order valence-electron chi connectivity index (χ1n) is 4.71. The summed E-state index contributed by atoms with van der Waals surface area (Å²) in [5, 5.41) is 6.43. The van der Waals surface area contributed by atoms with Crippen LogP contribution < -0.4 is 5.32 Å². The van der Waals surface area contributed by atoms with Crippen molar-refractivity contribution in [3.8, 4) is 0 Å². The fourth-order valence-electron chi connectivity index (χ4n) is 1.25. The van der Waals surface area contributed by atoms with Crippen LogP contribution in [0.15, 0.2) is 28.6 Å². The summed E-state index contributed by atoms with van der Waals surface area (Å²) in [6.45, 7) is 4.86. The van der Waals surface area contributed by atoms with Gasteiger partial charge in [0, 0.05) is 11.6 Å². The van der Waals surface area contributed by atoms with E-state index < -0.39 is 0 Å². The zero-order valence-electron chi connectivity index (χ0n) is 8.73. The Bertz CT molecular complexity index is 394. The minimum absolute atomic E-state index is 0.138. The van der Waals surface area contributed by atoms with Crippen LogP contribution in [0.1, 0.15) is 24.6 Å². The van der Waals surface area contributed by atoms with E-state index in [0.29, 0.717) is 6.54 Å². The molecule has 0 aliphatic carbocycles. The van der Waals surface area contributed by atoms with Crippen molar-refractivity contribution in [3.63, 3.8) is 0 Å². The van der Waals surface area contributed by atoms with Crippen LogP contribution >= 0.6 is 11.3 Å². The van der Waals surface area contributed by atoms with E-state index in [0.717, 1.165) is 10.8 Å². The maximum Gasteiger partial charge on any atom is 0.180 e. The summed E-state index contributed by atoms with van der Waals surface area (Å²) < 4.78 is 5.16. The second-order valence-corrected chi connectivity index (χ2v) is 4.68. The number of hydrogen-bond acceptors (Lipinski definition) is 5. The fourth-order valence-corrected chi connectivity index (χ4v) is 1.98. The molecular weight excluding hydrogens is 210 g/mol. The van der Waals surface area contributed by atoms with E-state index in [4.69, 9.17) is 4.42 Å². The number of hydrogen-bond donors (Lipinski definition) is 1. The van der Waals surface area contributed by atoms with E-state index in [1.807, 2.05) is 11.6 Å². The van der Waals surface area contributed by atoms with Gasteiger partial charge < -0.3 is 4.42 Å². The third-order valence-corrected chi connectivity index (χ3v) is 3.25. The van der Waals surface area contributed by atoms with E-state index >= 15 is 0 Å². The monoisotopic (exact) mass is 223 g/mol. The molecule has 2 aromatic heterocycles. The largest absolute Gasteiger partial charge is 0.447 e. The van der Waals surface area contributed by atoms with Crippen molar-refractivity contribution in [2.45, 2.75) is 25.9 Å². The lowest BCUT2D eigenvalue weighted by atomic mass is 10.1. The maximum absolute atomic E-state index is 5.16. The number of oxazole rings is 1. The van der Waals surface area contributed by atoms with E-state index in [-0.39, 0.29) is 5.54 Å². The van der Waals surface area contributed by atoms with Crippen molar-refractivity contribution in [1.82, 2.24) is 15.3 Å². The predicted molar refractivity (Wildman–Crippen MR) is 58.5 cm³/mol. The van der Waals surface area contributed by atoms with Gasteiger partial charge in [0.1, 0.15) is 10.8 Å². The highest BCUT2D eigenvalue weighted by Crippen LogP contribution is 2.22. The molecule has 1 N–H and O–H groups in total. The van der Waals surface area contributed by atoms with Crippen molar-refractivity contribution >= 4 is 11.3 Å². The summed E-state index contributed by atoms with van der Waals surface area (Å²) in [6, 6.07) is 0. The Morgan fingerprint density at radius 2 is 2.40 bits per heavy atom. The Morgan fingerprint density at radius 1 is 1.53 bits per heavy atom. The number of rotatable bonds is 4. The molecule has 0 aromatic carbocycles. The van der Waals surface area contributed by atoms with Crippen LogP contribution in [-0.4, -0.2) is 9.97 Å². The first-order valence-corrected chi connectivity index (χ1v) is 5.59. The molecule has 4 nitrogen and oxygen atoms in total. The van der Waals surface area contributed by atoms with E-state index in [2.05, 4.69) is 29.1 Å². The lowest BCUT2D eigenvalue weighted by Gasteiger charge is -2.22. The lowest BCUT2D eigenvalue weighted by Crippen LogP contribution is -2.35. The summed E-state index contributed by atoms with van der Waals surface area (Å²) in [7, 11) is 0. The summed E-state index contributed by atoms with van der Waals surface area (Å²) in [5.41, 5.74) is -0.138. The molecule has 5 heteroatoms. The van der Waals surface area contributed by atoms with Gasteiger partial charge >= 0.3 is 0 Å². The molecule has 2 aromatic rings. The molecule has 0 saturated carbocycles.